The fourth-order valence-corrected chi connectivity index (χ4v) is 4.66. The lowest BCUT2D eigenvalue weighted by atomic mass is 10.0. The van der Waals surface area contributed by atoms with E-state index in [0.29, 0.717) is 13.1 Å². The quantitative estimate of drug-likeness (QED) is 0.688. The maximum absolute atomic E-state index is 12.7. The van der Waals surface area contributed by atoms with E-state index in [2.05, 4.69) is 4.90 Å². The Labute approximate surface area is 169 Å². The molecule has 0 radical (unpaired) electrons. The average Bonchev–Trinajstić information content (AvgIpc) is 3.29. The molecule has 1 aliphatic heterocycles. The molecule has 1 fully saturated rings. The molecule has 5 nitrogen and oxygen atoms in total. The number of carbonyl (C=O) groups is 1. The molecule has 2 aromatic rings. The van der Waals surface area contributed by atoms with Crippen LogP contribution < -0.4 is 9.47 Å². The van der Waals surface area contributed by atoms with Crippen LogP contribution >= 0.6 is 22.9 Å². The molecule has 3 rings (SSSR count). The van der Waals surface area contributed by atoms with Gasteiger partial charge in [0.1, 0.15) is 11.5 Å². The smallest absolute Gasteiger partial charge is 0.236 e. The zero-order valence-electron chi connectivity index (χ0n) is 15.9. The van der Waals surface area contributed by atoms with Crippen molar-refractivity contribution in [2.75, 3.05) is 34.4 Å². The van der Waals surface area contributed by atoms with Crippen molar-refractivity contribution in [1.29, 1.82) is 0 Å². The van der Waals surface area contributed by atoms with Gasteiger partial charge in [-0.05, 0) is 37.6 Å². The van der Waals surface area contributed by atoms with Gasteiger partial charge in [-0.2, -0.15) is 0 Å². The largest absolute Gasteiger partial charge is 0.497 e. The topological polar surface area (TPSA) is 42.0 Å². The van der Waals surface area contributed by atoms with Crippen molar-refractivity contribution in [2.45, 2.75) is 25.4 Å². The maximum atomic E-state index is 12.7. The van der Waals surface area contributed by atoms with Crippen molar-refractivity contribution in [3.05, 3.63) is 45.1 Å². The molecule has 146 valence electrons. The van der Waals surface area contributed by atoms with Crippen molar-refractivity contribution < 1.29 is 14.3 Å². The van der Waals surface area contributed by atoms with Crippen LogP contribution in [0.2, 0.25) is 4.34 Å². The van der Waals surface area contributed by atoms with E-state index < -0.39 is 0 Å². The first-order valence-electron chi connectivity index (χ1n) is 8.96. The second-order valence-electron chi connectivity index (χ2n) is 6.69. The third kappa shape index (κ3) is 4.75. The number of rotatable bonds is 7. The Balaban J connectivity index is 1.68. The molecular weight excluding hydrogens is 384 g/mol. The van der Waals surface area contributed by atoms with E-state index in [9.17, 15) is 4.79 Å². The van der Waals surface area contributed by atoms with Gasteiger partial charge in [0.25, 0.3) is 0 Å². The van der Waals surface area contributed by atoms with Gasteiger partial charge in [-0.3, -0.25) is 9.69 Å². The van der Waals surface area contributed by atoms with Crippen LogP contribution in [0, 0.1) is 0 Å². The predicted molar refractivity (Wildman–Crippen MR) is 109 cm³/mol. The Morgan fingerprint density at radius 2 is 2.11 bits per heavy atom. The number of likely N-dealkylation sites (tertiary alicyclic amines) is 1. The number of thiophene rings is 1. The fourth-order valence-electron chi connectivity index (χ4n) is 3.51. The molecule has 1 atom stereocenters. The predicted octanol–water partition coefficient (Wildman–Crippen LogP) is 4.21. The van der Waals surface area contributed by atoms with Crippen LogP contribution in [0.1, 0.15) is 29.3 Å². The lowest BCUT2D eigenvalue weighted by molar-refractivity contribution is -0.131. The Morgan fingerprint density at radius 3 is 2.78 bits per heavy atom. The van der Waals surface area contributed by atoms with E-state index in [1.54, 1.807) is 19.1 Å². The summed E-state index contributed by atoms with van der Waals surface area (Å²) in [5, 5.41) is 0. The number of carbonyl (C=O) groups excluding carboxylic acids is 1. The van der Waals surface area contributed by atoms with E-state index in [4.69, 9.17) is 21.1 Å². The van der Waals surface area contributed by atoms with Crippen LogP contribution in [0.5, 0.6) is 11.5 Å². The van der Waals surface area contributed by atoms with Crippen LogP contribution in [-0.4, -0.2) is 50.1 Å². The van der Waals surface area contributed by atoms with E-state index in [-0.39, 0.29) is 11.9 Å². The Kier molecular flexibility index (Phi) is 6.63. The summed E-state index contributed by atoms with van der Waals surface area (Å²) in [6.45, 7) is 1.89. The van der Waals surface area contributed by atoms with Gasteiger partial charge in [0, 0.05) is 29.6 Å². The van der Waals surface area contributed by atoms with E-state index in [1.807, 2.05) is 37.4 Å². The Hall–Kier alpha value is -1.76. The molecule has 0 saturated carbocycles. The van der Waals surface area contributed by atoms with Crippen molar-refractivity contribution in [2.24, 2.45) is 0 Å². The molecule has 1 aromatic heterocycles. The van der Waals surface area contributed by atoms with Crippen molar-refractivity contribution >= 4 is 28.8 Å². The Morgan fingerprint density at radius 1 is 1.30 bits per heavy atom. The minimum atomic E-state index is 0.110. The number of amides is 1. The molecule has 2 heterocycles. The number of ether oxygens (including phenoxy) is 2. The highest BCUT2D eigenvalue weighted by Gasteiger charge is 2.30. The molecule has 7 heteroatoms. The average molecular weight is 409 g/mol. The number of likely N-dealkylation sites (N-methyl/N-ethyl adjacent to an activating group) is 1. The van der Waals surface area contributed by atoms with Crippen molar-refractivity contribution in [3.63, 3.8) is 0 Å². The third-order valence-electron chi connectivity index (χ3n) is 4.95. The number of benzene rings is 1. The molecule has 0 bridgehead atoms. The number of hydrogen-bond donors (Lipinski definition) is 0. The first-order chi connectivity index (χ1) is 13.0. The highest BCUT2D eigenvalue weighted by Crippen LogP contribution is 2.38. The second-order valence-corrected chi connectivity index (χ2v) is 8.49. The van der Waals surface area contributed by atoms with E-state index in [0.717, 1.165) is 45.7 Å². The Bertz CT molecular complexity index is 795. The molecule has 0 spiro atoms. The van der Waals surface area contributed by atoms with Crippen LogP contribution in [0.15, 0.2) is 30.3 Å². The zero-order valence-corrected chi connectivity index (χ0v) is 17.5. The molecule has 0 N–H and O–H groups in total. The summed E-state index contributed by atoms with van der Waals surface area (Å²) in [5.74, 6) is 1.68. The normalized spacial score (nSPS) is 17.1. The summed E-state index contributed by atoms with van der Waals surface area (Å²) in [6, 6.07) is 9.91. The fraction of sp³-hybridized carbons (Fsp3) is 0.450. The number of methoxy groups -OCH3 is 2. The summed E-state index contributed by atoms with van der Waals surface area (Å²) in [4.78, 5) is 17.8. The molecule has 0 aliphatic carbocycles. The molecule has 1 saturated heterocycles. The van der Waals surface area contributed by atoms with Crippen molar-refractivity contribution in [3.8, 4) is 11.5 Å². The van der Waals surface area contributed by atoms with Crippen LogP contribution in [0.4, 0.5) is 0 Å². The SMILES string of the molecule is COc1ccc([C@H]2CCCN2CC(=O)N(C)Cc2ccc(Cl)s2)c(OC)c1. The summed E-state index contributed by atoms with van der Waals surface area (Å²) < 4.78 is 11.6. The van der Waals surface area contributed by atoms with E-state index in [1.165, 1.54) is 11.3 Å². The van der Waals surface area contributed by atoms with Crippen LogP contribution in [0.3, 0.4) is 0 Å². The van der Waals surface area contributed by atoms with Gasteiger partial charge in [-0.25, -0.2) is 0 Å². The van der Waals surface area contributed by atoms with Crippen molar-refractivity contribution in [1.82, 2.24) is 9.80 Å². The molecule has 1 amide bonds. The van der Waals surface area contributed by atoms with Gasteiger partial charge in [-0.15, -0.1) is 11.3 Å². The maximum Gasteiger partial charge on any atom is 0.236 e. The van der Waals surface area contributed by atoms with Crippen LogP contribution in [0.25, 0.3) is 0 Å². The monoisotopic (exact) mass is 408 g/mol. The summed E-state index contributed by atoms with van der Waals surface area (Å²) in [7, 11) is 5.16. The first-order valence-corrected chi connectivity index (χ1v) is 10.2. The summed E-state index contributed by atoms with van der Waals surface area (Å²) >= 11 is 7.50. The van der Waals surface area contributed by atoms with E-state index >= 15 is 0 Å². The number of hydrogen-bond acceptors (Lipinski definition) is 5. The summed E-state index contributed by atoms with van der Waals surface area (Å²) in [6.07, 6.45) is 2.08. The lowest BCUT2D eigenvalue weighted by Gasteiger charge is -2.27. The van der Waals surface area contributed by atoms with Gasteiger partial charge in [-0.1, -0.05) is 17.7 Å². The highest BCUT2D eigenvalue weighted by atomic mass is 35.5. The number of halogens is 1. The van der Waals surface area contributed by atoms with Gasteiger partial charge in [0.05, 0.1) is 31.6 Å². The van der Waals surface area contributed by atoms with Gasteiger partial charge < -0.3 is 14.4 Å². The molecule has 27 heavy (non-hydrogen) atoms. The molecule has 1 aliphatic rings. The lowest BCUT2D eigenvalue weighted by Crippen LogP contribution is -2.37. The standard InChI is InChI=1S/C20H25ClN2O3S/c1-22(12-15-7-9-19(21)27-15)20(24)13-23-10-4-5-17(23)16-8-6-14(25-2)11-18(16)26-3/h6-9,11,17H,4-5,10,12-13H2,1-3H3/t17-/m1/s1. The van der Waals surface area contributed by atoms with Gasteiger partial charge >= 0.3 is 0 Å². The third-order valence-corrected chi connectivity index (χ3v) is 6.17. The summed E-state index contributed by atoms with van der Waals surface area (Å²) in [5.41, 5.74) is 1.11. The van der Waals surface area contributed by atoms with Crippen LogP contribution in [-0.2, 0) is 11.3 Å². The molecule has 1 aromatic carbocycles. The number of nitrogens with zero attached hydrogens (tertiary/aromatic N) is 2. The van der Waals surface area contributed by atoms with Gasteiger partial charge in [0.15, 0.2) is 0 Å². The van der Waals surface area contributed by atoms with Gasteiger partial charge in [0.2, 0.25) is 5.91 Å². The first kappa shape index (κ1) is 20.0. The highest BCUT2D eigenvalue weighted by molar-refractivity contribution is 7.16. The molecule has 0 unspecified atom stereocenters. The minimum absolute atomic E-state index is 0.110. The second kappa shape index (κ2) is 8.95. The molecular formula is C20H25ClN2O3S. The zero-order chi connectivity index (χ0) is 19.4. The minimum Gasteiger partial charge on any atom is -0.497 e.